The van der Waals surface area contributed by atoms with Crippen LogP contribution < -0.4 is 4.74 Å². The summed E-state index contributed by atoms with van der Waals surface area (Å²) in [6.45, 7) is 7.75. The molecule has 0 fully saturated rings. The van der Waals surface area contributed by atoms with Crippen molar-refractivity contribution in [2.75, 3.05) is 7.11 Å². The lowest BCUT2D eigenvalue weighted by Gasteiger charge is -2.20. The molecule has 0 saturated carbocycles. The van der Waals surface area contributed by atoms with Gasteiger partial charge in [-0.25, -0.2) is 4.79 Å². The molecule has 0 saturated heterocycles. The molecule has 4 heteroatoms. The Morgan fingerprint density at radius 1 is 1.26 bits per heavy atom. The molecule has 4 nitrogen and oxygen atoms in total. The fourth-order valence-electron chi connectivity index (χ4n) is 1.97. The van der Waals surface area contributed by atoms with Crippen molar-refractivity contribution < 1.29 is 19.0 Å². The summed E-state index contributed by atoms with van der Waals surface area (Å²) in [6, 6.07) is 7.45. The number of methoxy groups -OCH3 is 1. The van der Waals surface area contributed by atoms with E-state index >= 15 is 0 Å². The molecular weight excluding hydrogens is 292 g/mol. The first kappa shape index (κ1) is 18.8. The van der Waals surface area contributed by atoms with E-state index in [0.717, 1.165) is 37.0 Å². The quantitative estimate of drug-likeness (QED) is 0.206. The van der Waals surface area contributed by atoms with Gasteiger partial charge in [0, 0.05) is 12.5 Å². The topological polar surface area (TPSA) is 44.8 Å². The third-order valence-corrected chi connectivity index (χ3v) is 3.14. The van der Waals surface area contributed by atoms with Crippen molar-refractivity contribution in [3.8, 4) is 5.75 Å². The zero-order chi connectivity index (χ0) is 17.1. The van der Waals surface area contributed by atoms with Gasteiger partial charge in [0.25, 0.3) is 0 Å². The number of esters is 1. The van der Waals surface area contributed by atoms with E-state index in [2.05, 4.69) is 18.2 Å². The van der Waals surface area contributed by atoms with Crippen molar-refractivity contribution >= 4 is 12.0 Å². The van der Waals surface area contributed by atoms with Crippen LogP contribution in [0.15, 0.2) is 42.7 Å². The van der Waals surface area contributed by atoms with Crippen LogP contribution in [-0.2, 0) is 14.3 Å². The Balaban J connectivity index is 2.63. The first-order valence-corrected chi connectivity index (χ1v) is 7.90. The van der Waals surface area contributed by atoms with E-state index in [1.165, 1.54) is 13.2 Å². The SMILES string of the molecule is C=C(C)OC(CCCCC)Oc1ccc(C=CC(=O)OC)cc1. The van der Waals surface area contributed by atoms with E-state index in [-0.39, 0.29) is 12.3 Å². The van der Waals surface area contributed by atoms with Crippen LogP contribution in [0.2, 0.25) is 0 Å². The van der Waals surface area contributed by atoms with Crippen molar-refractivity contribution in [3.63, 3.8) is 0 Å². The maximum absolute atomic E-state index is 11.1. The number of rotatable bonds is 10. The third kappa shape index (κ3) is 8.10. The molecule has 1 aromatic rings. The molecule has 0 aliphatic rings. The lowest BCUT2D eigenvalue weighted by atomic mass is 10.2. The molecule has 23 heavy (non-hydrogen) atoms. The summed E-state index contributed by atoms with van der Waals surface area (Å²) in [5.74, 6) is 0.989. The summed E-state index contributed by atoms with van der Waals surface area (Å²) < 4.78 is 16.1. The molecule has 0 radical (unpaired) electrons. The molecule has 0 spiro atoms. The zero-order valence-electron chi connectivity index (χ0n) is 14.2. The highest BCUT2D eigenvalue weighted by molar-refractivity contribution is 5.86. The summed E-state index contributed by atoms with van der Waals surface area (Å²) in [5.41, 5.74) is 0.895. The molecule has 0 N–H and O–H groups in total. The number of hydrogen-bond donors (Lipinski definition) is 0. The van der Waals surface area contributed by atoms with Crippen LogP contribution in [0.25, 0.3) is 6.08 Å². The number of carbonyl (C=O) groups is 1. The maximum atomic E-state index is 11.1. The standard InChI is InChI=1S/C19H26O4/c1-5-6-7-8-19(22-15(2)3)23-17-12-9-16(10-13-17)11-14-18(20)21-4/h9-14,19H,2,5-8H2,1,3-4H3. The molecule has 126 valence electrons. The number of allylic oxidation sites excluding steroid dienone is 1. The van der Waals surface area contributed by atoms with Crippen LogP contribution in [0.3, 0.4) is 0 Å². The molecule has 1 rings (SSSR count). The van der Waals surface area contributed by atoms with Gasteiger partial charge in [-0.3, -0.25) is 0 Å². The van der Waals surface area contributed by atoms with Gasteiger partial charge in [0.2, 0.25) is 6.29 Å². The average molecular weight is 318 g/mol. The number of ether oxygens (including phenoxy) is 3. The van der Waals surface area contributed by atoms with Crippen molar-refractivity contribution in [1.82, 2.24) is 0 Å². The molecule has 1 unspecified atom stereocenters. The predicted octanol–water partition coefficient (Wildman–Crippen LogP) is 4.71. The van der Waals surface area contributed by atoms with Gasteiger partial charge >= 0.3 is 5.97 Å². The van der Waals surface area contributed by atoms with Crippen LogP contribution in [-0.4, -0.2) is 19.4 Å². The van der Waals surface area contributed by atoms with Crippen LogP contribution in [0.1, 0.15) is 45.1 Å². The van der Waals surface area contributed by atoms with Crippen LogP contribution >= 0.6 is 0 Å². The molecular formula is C19H26O4. The van der Waals surface area contributed by atoms with Crippen molar-refractivity contribution in [2.24, 2.45) is 0 Å². The van der Waals surface area contributed by atoms with Gasteiger partial charge in [0.15, 0.2) is 0 Å². The molecule has 0 aliphatic carbocycles. The summed E-state index contributed by atoms with van der Waals surface area (Å²) in [6.07, 6.45) is 6.93. The number of benzene rings is 1. The van der Waals surface area contributed by atoms with Gasteiger partial charge in [-0.05, 0) is 37.1 Å². The summed E-state index contributed by atoms with van der Waals surface area (Å²) in [4.78, 5) is 11.1. The normalized spacial score (nSPS) is 12.0. The monoisotopic (exact) mass is 318 g/mol. The van der Waals surface area contributed by atoms with Gasteiger partial charge in [0.1, 0.15) is 5.75 Å². The lowest BCUT2D eigenvalue weighted by Crippen LogP contribution is -2.19. The fraction of sp³-hybridized carbons (Fsp3) is 0.421. The summed E-state index contributed by atoms with van der Waals surface area (Å²) in [5, 5.41) is 0. The fourth-order valence-corrected chi connectivity index (χ4v) is 1.97. The lowest BCUT2D eigenvalue weighted by molar-refractivity contribution is -0.134. The highest BCUT2D eigenvalue weighted by Crippen LogP contribution is 2.19. The smallest absolute Gasteiger partial charge is 0.330 e. The Kier molecular flexibility index (Phi) is 8.58. The molecule has 0 amide bonds. The highest BCUT2D eigenvalue weighted by Gasteiger charge is 2.11. The first-order chi connectivity index (χ1) is 11.0. The number of unbranched alkanes of at least 4 members (excludes halogenated alkanes) is 2. The van der Waals surface area contributed by atoms with E-state index in [1.54, 1.807) is 6.08 Å². The van der Waals surface area contributed by atoms with Gasteiger partial charge in [-0.2, -0.15) is 0 Å². The number of hydrogen-bond acceptors (Lipinski definition) is 4. The molecule has 0 heterocycles. The van der Waals surface area contributed by atoms with Gasteiger partial charge in [-0.1, -0.05) is 38.5 Å². The Bertz CT molecular complexity index is 517. The summed E-state index contributed by atoms with van der Waals surface area (Å²) >= 11 is 0. The molecule has 1 aromatic carbocycles. The highest BCUT2D eigenvalue weighted by atomic mass is 16.7. The molecule has 1 atom stereocenters. The van der Waals surface area contributed by atoms with Crippen molar-refractivity contribution in [3.05, 3.63) is 48.2 Å². The van der Waals surface area contributed by atoms with Crippen LogP contribution in [0.4, 0.5) is 0 Å². The van der Waals surface area contributed by atoms with E-state index < -0.39 is 0 Å². The molecule has 0 aromatic heterocycles. The largest absolute Gasteiger partial charge is 0.466 e. The Morgan fingerprint density at radius 2 is 1.96 bits per heavy atom. The molecule has 0 aliphatic heterocycles. The van der Waals surface area contributed by atoms with Crippen LogP contribution in [0, 0.1) is 0 Å². The van der Waals surface area contributed by atoms with Gasteiger partial charge in [0.05, 0.1) is 12.9 Å². The van der Waals surface area contributed by atoms with Gasteiger partial charge in [-0.15, -0.1) is 0 Å². The summed E-state index contributed by atoms with van der Waals surface area (Å²) in [7, 11) is 1.35. The second-order valence-electron chi connectivity index (χ2n) is 5.29. The van der Waals surface area contributed by atoms with E-state index in [1.807, 2.05) is 31.2 Å². The second kappa shape index (κ2) is 10.5. The molecule has 0 bridgehead atoms. The minimum atomic E-state index is -0.379. The van der Waals surface area contributed by atoms with Crippen molar-refractivity contribution in [2.45, 2.75) is 45.8 Å². The minimum Gasteiger partial charge on any atom is -0.466 e. The Morgan fingerprint density at radius 3 is 2.52 bits per heavy atom. The maximum Gasteiger partial charge on any atom is 0.330 e. The van der Waals surface area contributed by atoms with Crippen LogP contribution in [0.5, 0.6) is 5.75 Å². The third-order valence-electron chi connectivity index (χ3n) is 3.14. The Labute approximate surface area is 138 Å². The van der Waals surface area contributed by atoms with Crippen molar-refractivity contribution in [1.29, 1.82) is 0 Å². The number of carbonyl (C=O) groups excluding carboxylic acids is 1. The van der Waals surface area contributed by atoms with E-state index in [4.69, 9.17) is 9.47 Å². The first-order valence-electron chi connectivity index (χ1n) is 7.90. The second-order valence-corrected chi connectivity index (χ2v) is 5.29. The van der Waals surface area contributed by atoms with E-state index in [9.17, 15) is 4.79 Å². The van der Waals surface area contributed by atoms with Gasteiger partial charge < -0.3 is 14.2 Å². The average Bonchev–Trinajstić information content (AvgIpc) is 2.53. The zero-order valence-corrected chi connectivity index (χ0v) is 14.2. The minimum absolute atomic E-state index is 0.324. The predicted molar refractivity (Wildman–Crippen MR) is 91.9 cm³/mol. The Hall–Kier alpha value is -2.23. The van der Waals surface area contributed by atoms with E-state index in [0.29, 0.717) is 5.76 Å².